The molecule has 112 valence electrons. The molecule has 1 atom stereocenters. The van der Waals surface area contributed by atoms with Gasteiger partial charge in [-0.2, -0.15) is 0 Å². The summed E-state index contributed by atoms with van der Waals surface area (Å²) in [6, 6.07) is 3.29. The minimum atomic E-state index is -2.15. The minimum absolute atomic E-state index is 0.0307. The molecule has 0 bridgehead atoms. The van der Waals surface area contributed by atoms with E-state index in [1.54, 1.807) is 14.1 Å². The first-order chi connectivity index (χ1) is 9.31. The Morgan fingerprint density at radius 2 is 1.90 bits per heavy atom. The topological polar surface area (TPSA) is 23.6 Å². The second kappa shape index (κ2) is 7.50. The third-order valence-electron chi connectivity index (χ3n) is 2.67. The average Bonchev–Trinajstić information content (AvgIpc) is 2.37. The molecule has 20 heavy (non-hydrogen) atoms. The zero-order valence-corrected chi connectivity index (χ0v) is 12.0. The van der Waals surface area contributed by atoms with Crippen molar-refractivity contribution in [1.82, 2.24) is 9.80 Å². The van der Waals surface area contributed by atoms with Crippen LogP contribution in [-0.4, -0.2) is 48.5 Å². The van der Waals surface area contributed by atoms with Gasteiger partial charge in [0.05, 0.1) is 0 Å². The summed E-state index contributed by atoms with van der Waals surface area (Å²) < 4.78 is 38.9. The second-order valence-corrected chi connectivity index (χ2v) is 5.00. The number of benzene rings is 1. The van der Waals surface area contributed by atoms with Gasteiger partial charge in [-0.25, -0.2) is 13.2 Å². The quantitative estimate of drug-likeness (QED) is 0.753. The summed E-state index contributed by atoms with van der Waals surface area (Å²) in [4.78, 5) is 14.6. The standard InChI is InChI=1S/C13H16ClF3N2O/c1-18(2)5-6-19(13(20)12(14)17)8-9-3-4-10(15)11(16)7-9/h3-4,7,12H,5-6,8H2,1-2H3. The maximum Gasteiger partial charge on any atom is 0.273 e. The molecule has 1 rings (SSSR count). The van der Waals surface area contributed by atoms with Gasteiger partial charge in [-0.1, -0.05) is 17.7 Å². The Kier molecular flexibility index (Phi) is 6.29. The first kappa shape index (κ1) is 16.8. The number of carbonyl (C=O) groups excluding carboxylic acids is 1. The largest absolute Gasteiger partial charge is 0.333 e. The van der Waals surface area contributed by atoms with E-state index in [4.69, 9.17) is 11.6 Å². The van der Waals surface area contributed by atoms with Crippen LogP contribution in [0.3, 0.4) is 0 Å². The highest BCUT2D eigenvalue weighted by Gasteiger charge is 2.22. The number of hydrogen-bond acceptors (Lipinski definition) is 2. The van der Waals surface area contributed by atoms with Crippen molar-refractivity contribution in [2.24, 2.45) is 0 Å². The summed E-state index contributed by atoms with van der Waals surface area (Å²) >= 11 is 5.16. The number of likely N-dealkylation sites (N-methyl/N-ethyl adjacent to an activating group) is 1. The van der Waals surface area contributed by atoms with Crippen LogP contribution in [-0.2, 0) is 11.3 Å². The highest BCUT2D eigenvalue weighted by molar-refractivity contribution is 6.29. The zero-order valence-electron chi connectivity index (χ0n) is 11.2. The van der Waals surface area contributed by atoms with Gasteiger partial charge >= 0.3 is 0 Å². The van der Waals surface area contributed by atoms with Crippen molar-refractivity contribution in [2.45, 2.75) is 12.2 Å². The summed E-state index contributed by atoms with van der Waals surface area (Å²) in [5.74, 6) is -2.87. The predicted octanol–water partition coefficient (Wildman–Crippen LogP) is 2.39. The highest BCUT2D eigenvalue weighted by atomic mass is 35.5. The van der Waals surface area contributed by atoms with Gasteiger partial charge in [0.1, 0.15) is 0 Å². The Morgan fingerprint density at radius 1 is 1.25 bits per heavy atom. The molecule has 0 radical (unpaired) electrons. The van der Waals surface area contributed by atoms with Crippen LogP contribution in [0.15, 0.2) is 18.2 Å². The van der Waals surface area contributed by atoms with E-state index < -0.39 is 23.2 Å². The minimum Gasteiger partial charge on any atom is -0.333 e. The van der Waals surface area contributed by atoms with E-state index >= 15 is 0 Å². The van der Waals surface area contributed by atoms with Crippen LogP contribution in [0.1, 0.15) is 5.56 Å². The lowest BCUT2D eigenvalue weighted by Crippen LogP contribution is -2.39. The van der Waals surface area contributed by atoms with E-state index in [2.05, 4.69) is 0 Å². The molecule has 1 aromatic carbocycles. The van der Waals surface area contributed by atoms with Crippen LogP contribution >= 0.6 is 11.6 Å². The molecule has 0 aromatic heterocycles. The molecule has 1 unspecified atom stereocenters. The van der Waals surface area contributed by atoms with Crippen molar-refractivity contribution < 1.29 is 18.0 Å². The molecule has 0 N–H and O–H groups in total. The Labute approximate surface area is 120 Å². The first-order valence-electron chi connectivity index (χ1n) is 5.97. The predicted molar refractivity (Wildman–Crippen MR) is 71.1 cm³/mol. The fourth-order valence-electron chi connectivity index (χ4n) is 1.58. The molecule has 1 aromatic rings. The van der Waals surface area contributed by atoms with Crippen molar-refractivity contribution in [3.8, 4) is 0 Å². The fourth-order valence-corrected chi connectivity index (χ4v) is 1.72. The van der Waals surface area contributed by atoms with Gasteiger partial charge in [0.2, 0.25) is 0 Å². The van der Waals surface area contributed by atoms with E-state index in [1.807, 2.05) is 4.90 Å². The number of hydrogen-bond donors (Lipinski definition) is 0. The number of rotatable bonds is 6. The number of amides is 1. The lowest BCUT2D eigenvalue weighted by molar-refractivity contribution is -0.134. The number of carbonyl (C=O) groups is 1. The zero-order chi connectivity index (χ0) is 15.3. The van der Waals surface area contributed by atoms with Gasteiger partial charge in [-0.05, 0) is 31.8 Å². The van der Waals surface area contributed by atoms with Crippen molar-refractivity contribution in [2.75, 3.05) is 27.2 Å². The van der Waals surface area contributed by atoms with Crippen molar-refractivity contribution in [3.63, 3.8) is 0 Å². The average molecular weight is 309 g/mol. The van der Waals surface area contributed by atoms with E-state index in [9.17, 15) is 18.0 Å². The summed E-state index contributed by atoms with van der Waals surface area (Å²) in [6.07, 6.45) is 0. The molecular formula is C13H16ClF3N2O. The number of halogens is 4. The Balaban J connectivity index is 2.82. The van der Waals surface area contributed by atoms with Gasteiger partial charge in [0.15, 0.2) is 11.6 Å². The molecule has 0 saturated carbocycles. The lowest BCUT2D eigenvalue weighted by atomic mass is 10.2. The van der Waals surface area contributed by atoms with Crippen LogP contribution in [0.5, 0.6) is 0 Å². The van der Waals surface area contributed by atoms with E-state index in [0.29, 0.717) is 12.1 Å². The summed E-state index contributed by atoms with van der Waals surface area (Å²) in [6.45, 7) is 0.702. The normalized spacial score (nSPS) is 12.6. The van der Waals surface area contributed by atoms with Crippen LogP contribution in [0.25, 0.3) is 0 Å². The molecular weight excluding hydrogens is 293 g/mol. The van der Waals surface area contributed by atoms with E-state index in [1.165, 1.54) is 11.0 Å². The smallest absolute Gasteiger partial charge is 0.273 e. The molecule has 0 saturated heterocycles. The van der Waals surface area contributed by atoms with Crippen molar-refractivity contribution in [1.29, 1.82) is 0 Å². The molecule has 0 aliphatic rings. The third kappa shape index (κ3) is 5.02. The lowest BCUT2D eigenvalue weighted by Gasteiger charge is -2.24. The van der Waals surface area contributed by atoms with Gasteiger partial charge in [0, 0.05) is 19.6 Å². The first-order valence-corrected chi connectivity index (χ1v) is 6.40. The van der Waals surface area contributed by atoms with Gasteiger partial charge in [-0.15, -0.1) is 0 Å². The van der Waals surface area contributed by atoms with Gasteiger partial charge in [-0.3, -0.25) is 4.79 Å². The number of nitrogens with zero attached hydrogens (tertiary/aromatic N) is 2. The summed E-state index contributed by atoms with van der Waals surface area (Å²) in [7, 11) is 3.60. The molecule has 0 fully saturated rings. The molecule has 0 heterocycles. The van der Waals surface area contributed by atoms with Crippen molar-refractivity contribution >= 4 is 17.5 Å². The second-order valence-electron chi connectivity index (χ2n) is 4.61. The Morgan fingerprint density at radius 3 is 2.40 bits per heavy atom. The molecule has 0 aliphatic carbocycles. The monoisotopic (exact) mass is 308 g/mol. The third-order valence-corrected chi connectivity index (χ3v) is 2.86. The fraction of sp³-hybridized carbons (Fsp3) is 0.462. The Bertz CT molecular complexity index is 469. The maximum atomic E-state index is 13.1. The van der Waals surface area contributed by atoms with Gasteiger partial charge < -0.3 is 9.80 Å². The van der Waals surface area contributed by atoms with Crippen LogP contribution in [0, 0.1) is 11.6 Å². The van der Waals surface area contributed by atoms with Gasteiger partial charge in [0.25, 0.3) is 11.5 Å². The molecule has 1 amide bonds. The molecule has 7 heteroatoms. The Hall–Kier alpha value is -1.27. The summed E-state index contributed by atoms with van der Waals surface area (Å²) in [5, 5.41) is 0. The van der Waals surface area contributed by atoms with E-state index in [0.717, 1.165) is 12.1 Å². The van der Waals surface area contributed by atoms with Crippen LogP contribution < -0.4 is 0 Å². The maximum absolute atomic E-state index is 13.1. The van der Waals surface area contributed by atoms with E-state index in [-0.39, 0.29) is 13.1 Å². The summed E-state index contributed by atoms with van der Waals surface area (Å²) in [5.41, 5.74) is -1.78. The highest BCUT2D eigenvalue weighted by Crippen LogP contribution is 2.13. The SMILES string of the molecule is CN(C)CCN(Cc1ccc(F)c(F)c1)C(=O)C(F)Cl. The molecule has 0 aliphatic heterocycles. The van der Waals surface area contributed by atoms with Crippen LogP contribution in [0.2, 0.25) is 0 Å². The molecule has 3 nitrogen and oxygen atoms in total. The number of alkyl halides is 2. The van der Waals surface area contributed by atoms with Crippen molar-refractivity contribution in [3.05, 3.63) is 35.4 Å². The molecule has 0 spiro atoms. The van der Waals surface area contributed by atoms with Crippen LogP contribution in [0.4, 0.5) is 13.2 Å².